The molecule has 0 aromatic rings. The normalized spacial score (nSPS) is 29.1. The van der Waals surface area contributed by atoms with Gasteiger partial charge in [-0.1, -0.05) is 0 Å². The summed E-state index contributed by atoms with van der Waals surface area (Å²) in [6, 6.07) is 0. The van der Waals surface area contributed by atoms with Crippen molar-refractivity contribution in [3.05, 3.63) is 0 Å². The highest BCUT2D eigenvalue weighted by molar-refractivity contribution is 5.68. The number of carbonyl (C=O) groups excluding carboxylic acids is 1. The summed E-state index contributed by atoms with van der Waals surface area (Å²) in [5, 5.41) is 9.34. The van der Waals surface area contributed by atoms with Crippen LogP contribution in [0, 0.1) is 0 Å². The third kappa shape index (κ3) is 1.51. The molecule has 0 saturated carbocycles. The molecule has 5 nitrogen and oxygen atoms in total. The minimum absolute atomic E-state index is 0.354. The van der Waals surface area contributed by atoms with E-state index in [0.717, 1.165) is 0 Å². The van der Waals surface area contributed by atoms with Crippen molar-refractivity contribution in [1.82, 2.24) is 4.90 Å². The number of aliphatic hydroxyl groups is 1. The summed E-state index contributed by atoms with van der Waals surface area (Å²) >= 11 is 0. The summed E-state index contributed by atoms with van der Waals surface area (Å²) in [6.07, 6.45) is -0.498. The number of amides is 1. The zero-order chi connectivity index (χ0) is 9.14. The highest BCUT2D eigenvalue weighted by Gasteiger charge is 2.36. The van der Waals surface area contributed by atoms with E-state index in [9.17, 15) is 9.90 Å². The van der Waals surface area contributed by atoms with Gasteiger partial charge in [-0.2, -0.15) is 0 Å². The number of likely N-dealkylation sites (tertiary alicyclic amines) is 1. The Kier molecular flexibility index (Phi) is 2.88. The lowest BCUT2D eigenvalue weighted by Gasteiger charge is -2.24. The maximum absolute atomic E-state index is 11.1. The monoisotopic (exact) mass is 175 g/mol. The van der Waals surface area contributed by atoms with Gasteiger partial charge in [-0.15, -0.1) is 0 Å². The second-order valence-corrected chi connectivity index (χ2v) is 2.63. The van der Waals surface area contributed by atoms with Crippen molar-refractivity contribution in [3.8, 4) is 0 Å². The van der Waals surface area contributed by atoms with Gasteiger partial charge in [0.15, 0.2) is 0 Å². The van der Waals surface area contributed by atoms with Crippen LogP contribution in [0.1, 0.15) is 12.8 Å². The Labute approximate surface area is 70.9 Å². The second-order valence-electron chi connectivity index (χ2n) is 2.63. The molecule has 0 radical (unpaired) electrons. The summed E-state index contributed by atoms with van der Waals surface area (Å²) < 4.78 is 9.47. The zero-order valence-electron chi connectivity index (χ0n) is 7.19. The Hall–Kier alpha value is -0.810. The Balaban J connectivity index is 2.63. The summed E-state index contributed by atoms with van der Waals surface area (Å²) in [5.74, 6) is 0. The standard InChI is InChI=1S/C7H13NO4/c1-11-6-4-3-5(9)8(6)7(10)12-2/h5-6,9H,3-4H2,1-2H3. The van der Waals surface area contributed by atoms with Crippen LogP contribution in [0.2, 0.25) is 0 Å². The molecule has 1 N–H and O–H groups in total. The topological polar surface area (TPSA) is 59.0 Å². The van der Waals surface area contributed by atoms with Gasteiger partial charge in [0, 0.05) is 7.11 Å². The highest BCUT2D eigenvalue weighted by Crippen LogP contribution is 2.23. The van der Waals surface area contributed by atoms with Crippen LogP contribution in [0.5, 0.6) is 0 Å². The summed E-state index contributed by atoms with van der Waals surface area (Å²) in [4.78, 5) is 12.3. The van der Waals surface area contributed by atoms with Gasteiger partial charge in [0.2, 0.25) is 0 Å². The molecule has 0 bridgehead atoms. The minimum Gasteiger partial charge on any atom is -0.453 e. The predicted octanol–water partition coefficient (Wildman–Crippen LogP) is 0.139. The molecule has 1 aliphatic heterocycles. The van der Waals surface area contributed by atoms with Crippen molar-refractivity contribution < 1.29 is 19.4 Å². The molecule has 5 heteroatoms. The van der Waals surface area contributed by atoms with Crippen molar-refractivity contribution in [2.75, 3.05) is 14.2 Å². The Morgan fingerprint density at radius 1 is 1.50 bits per heavy atom. The van der Waals surface area contributed by atoms with Crippen molar-refractivity contribution in [3.63, 3.8) is 0 Å². The van der Waals surface area contributed by atoms with Crippen molar-refractivity contribution >= 4 is 6.09 Å². The molecular formula is C7H13NO4. The van der Waals surface area contributed by atoms with Crippen LogP contribution in [0.25, 0.3) is 0 Å². The van der Waals surface area contributed by atoms with Gasteiger partial charge in [0.1, 0.15) is 12.5 Å². The van der Waals surface area contributed by atoms with Gasteiger partial charge in [-0.3, -0.25) is 4.90 Å². The predicted molar refractivity (Wildman–Crippen MR) is 40.3 cm³/mol. The summed E-state index contributed by atoms with van der Waals surface area (Å²) in [7, 11) is 2.78. The molecule has 0 spiro atoms. The molecule has 1 fully saturated rings. The van der Waals surface area contributed by atoms with Crippen LogP contribution < -0.4 is 0 Å². The van der Waals surface area contributed by atoms with Gasteiger partial charge < -0.3 is 14.6 Å². The van der Waals surface area contributed by atoms with E-state index in [4.69, 9.17) is 4.74 Å². The minimum atomic E-state index is -0.776. The van der Waals surface area contributed by atoms with E-state index in [-0.39, 0.29) is 6.23 Å². The maximum atomic E-state index is 11.1. The number of rotatable bonds is 1. The van der Waals surface area contributed by atoms with E-state index < -0.39 is 12.3 Å². The number of methoxy groups -OCH3 is 2. The van der Waals surface area contributed by atoms with Crippen molar-refractivity contribution in [2.24, 2.45) is 0 Å². The number of hydrogen-bond acceptors (Lipinski definition) is 4. The molecular weight excluding hydrogens is 162 g/mol. The lowest BCUT2D eigenvalue weighted by Crippen LogP contribution is -2.41. The molecule has 0 aromatic heterocycles. The molecule has 1 rings (SSSR count). The molecule has 1 amide bonds. The van der Waals surface area contributed by atoms with Crippen LogP contribution in [-0.2, 0) is 9.47 Å². The van der Waals surface area contributed by atoms with Crippen molar-refractivity contribution in [1.29, 1.82) is 0 Å². The Bertz CT molecular complexity index is 173. The molecule has 2 atom stereocenters. The van der Waals surface area contributed by atoms with Gasteiger partial charge in [-0.25, -0.2) is 4.79 Å². The van der Waals surface area contributed by atoms with Gasteiger partial charge in [0.05, 0.1) is 7.11 Å². The van der Waals surface area contributed by atoms with E-state index in [1.807, 2.05) is 0 Å². The van der Waals surface area contributed by atoms with E-state index in [1.54, 1.807) is 0 Å². The average molecular weight is 175 g/mol. The van der Waals surface area contributed by atoms with E-state index in [1.165, 1.54) is 19.1 Å². The van der Waals surface area contributed by atoms with Crippen LogP contribution in [0.4, 0.5) is 4.79 Å². The summed E-state index contributed by atoms with van der Waals surface area (Å²) in [6.45, 7) is 0. The average Bonchev–Trinajstić information content (AvgIpc) is 2.45. The fraction of sp³-hybridized carbons (Fsp3) is 0.857. The molecule has 2 unspecified atom stereocenters. The van der Waals surface area contributed by atoms with Crippen LogP contribution in [0.15, 0.2) is 0 Å². The number of carbonyl (C=O) groups is 1. The van der Waals surface area contributed by atoms with Gasteiger partial charge >= 0.3 is 6.09 Å². The molecule has 1 saturated heterocycles. The fourth-order valence-electron chi connectivity index (χ4n) is 1.34. The van der Waals surface area contributed by atoms with Crippen LogP contribution >= 0.6 is 0 Å². The van der Waals surface area contributed by atoms with E-state index >= 15 is 0 Å². The fourth-order valence-corrected chi connectivity index (χ4v) is 1.34. The number of hydrogen-bond donors (Lipinski definition) is 1. The smallest absolute Gasteiger partial charge is 0.413 e. The largest absolute Gasteiger partial charge is 0.453 e. The van der Waals surface area contributed by atoms with Gasteiger partial charge in [-0.05, 0) is 12.8 Å². The second kappa shape index (κ2) is 3.73. The first-order valence-electron chi connectivity index (χ1n) is 3.78. The molecule has 1 heterocycles. The Morgan fingerprint density at radius 2 is 2.17 bits per heavy atom. The quantitative estimate of drug-likeness (QED) is 0.615. The third-order valence-electron chi connectivity index (χ3n) is 1.96. The number of aliphatic hydroxyl groups excluding tert-OH is 1. The summed E-state index contributed by atoms with van der Waals surface area (Å²) in [5.41, 5.74) is 0. The lowest BCUT2D eigenvalue weighted by molar-refractivity contribution is -0.0593. The van der Waals surface area contributed by atoms with Crippen LogP contribution in [-0.4, -0.2) is 42.8 Å². The highest BCUT2D eigenvalue weighted by atomic mass is 16.6. The van der Waals surface area contributed by atoms with E-state index in [2.05, 4.69) is 4.74 Å². The van der Waals surface area contributed by atoms with Crippen molar-refractivity contribution in [2.45, 2.75) is 25.3 Å². The first-order valence-corrected chi connectivity index (χ1v) is 3.78. The van der Waals surface area contributed by atoms with E-state index in [0.29, 0.717) is 12.8 Å². The Morgan fingerprint density at radius 3 is 2.67 bits per heavy atom. The molecule has 0 aromatic carbocycles. The third-order valence-corrected chi connectivity index (χ3v) is 1.96. The molecule has 1 aliphatic rings. The first kappa shape index (κ1) is 9.28. The SMILES string of the molecule is COC(=O)N1C(O)CCC1OC. The van der Waals surface area contributed by atoms with Crippen LogP contribution in [0.3, 0.4) is 0 Å². The maximum Gasteiger partial charge on any atom is 0.413 e. The molecule has 0 aliphatic carbocycles. The first-order chi connectivity index (χ1) is 5.70. The lowest BCUT2D eigenvalue weighted by atomic mass is 10.3. The molecule has 70 valence electrons. The zero-order valence-corrected chi connectivity index (χ0v) is 7.19. The van der Waals surface area contributed by atoms with Gasteiger partial charge in [0.25, 0.3) is 0 Å². The molecule has 12 heavy (non-hydrogen) atoms. The number of ether oxygens (including phenoxy) is 2. The number of nitrogens with zero attached hydrogens (tertiary/aromatic N) is 1.